The molecule has 4 nitrogen and oxygen atoms in total. The molecule has 1 atom stereocenters. The van der Waals surface area contributed by atoms with Gasteiger partial charge in [-0.2, -0.15) is 13.2 Å². The van der Waals surface area contributed by atoms with Crippen LogP contribution in [0, 0.1) is 3.57 Å². The molecule has 0 aliphatic carbocycles. The highest BCUT2D eigenvalue weighted by Crippen LogP contribution is 2.34. The van der Waals surface area contributed by atoms with Crippen LogP contribution in [0.2, 0.25) is 0 Å². The molecule has 0 aliphatic heterocycles. The first-order chi connectivity index (χ1) is 7.23. The fourth-order valence-electron chi connectivity index (χ4n) is 1.01. The zero-order valence-electron chi connectivity index (χ0n) is 7.49. The molecule has 88 valence electrons. The SMILES string of the molecule is O=C(O)C(O)c1ncc(I)cc1C(F)(F)F. The number of halogens is 4. The van der Waals surface area contributed by atoms with Gasteiger partial charge in [-0.25, -0.2) is 4.79 Å². The molecule has 0 fully saturated rings. The van der Waals surface area contributed by atoms with E-state index in [4.69, 9.17) is 10.2 Å². The van der Waals surface area contributed by atoms with Crippen molar-refractivity contribution in [2.45, 2.75) is 12.3 Å². The molecule has 1 aromatic rings. The summed E-state index contributed by atoms with van der Waals surface area (Å²) in [6, 6.07) is 0.731. The highest BCUT2D eigenvalue weighted by atomic mass is 127. The third-order valence-corrected chi connectivity index (χ3v) is 2.27. The van der Waals surface area contributed by atoms with Crippen LogP contribution in [0.5, 0.6) is 0 Å². The molecule has 1 heterocycles. The zero-order chi connectivity index (χ0) is 12.5. The van der Waals surface area contributed by atoms with Crippen molar-refractivity contribution in [3.05, 3.63) is 27.1 Å². The first-order valence-corrected chi connectivity index (χ1v) is 4.95. The number of aromatic nitrogens is 1. The Hall–Kier alpha value is -0.900. The molecule has 1 aromatic heterocycles. The van der Waals surface area contributed by atoms with Crippen LogP contribution < -0.4 is 0 Å². The number of carboxylic acid groups (broad SMARTS) is 1. The molecule has 0 aliphatic rings. The van der Waals surface area contributed by atoms with E-state index in [-0.39, 0.29) is 3.57 Å². The molecule has 0 aromatic carbocycles. The first kappa shape index (κ1) is 13.2. The summed E-state index contributed by atoms with van der Waals surface area (Å²) in [6.07, 6.45) is -5.98. The lowest BCUT2D eigenvalue weighted by molar-refractivity contribution is -0.149. The summed E-state index contributed by atoms with van der Waals surface area (Å²) >= 11 is 1.61. The second-order valence-electron chi connectivity index (χ2n) is 2.82. The Morgan fingerprint density at radius 3 is 2.50 bits per heavy atom. The number of nitrogens with zero attached hydrogens (tertiary/aromatic N) is 1. The Morgan fingerprint density at radius 2 is 2.06 bits per heavy atom. The largest absolute Gasteiger partial charge is 0.479 e. The number of hydrogen-bond donors (Lipinski definition) is 2. The van der Waals surface area contributed by atoms with Crippen LogP contribution in [-0.4, -0.2) is 21.2 Å². The highest BCUT2D eigenvalue weighted by molar-refractivity contribution is 14.1. The lowest BCUT2D eigenvalue weighted by Gasteiger charge is -2.13. The molecule has 0 spiro atoms. The summed E-state index contributed by atoms with van der Waals surface area (Å²) in [5.41, 5.74) is -2.14. The highest BCUT2D eigenvalue weighted by Gasteiger charge is 2.37. The topological polar surface area (TPSA) is 70.4 Å². The van der Waals surface area contributed by atoms with Crippen LogP contribution in [0.25, 0.3) is 0 Å². The van der Waals surface area contributed by atoms with Crippen LogP contribution in [0.4, 0.5) is 13.2 Å². The normalized spacial score (nSPS) is 13.6. The first-order valence-electron chi connectivity index (χ1n) is 3.87. The summed E-state index contributed by atoms with van der Waals surface area (Å²) in [4.78, 5) is 13.7. The van der Waals surface area contributed by atoms with E-state index in [0.717, 1.165) is 12.3 Å². The van der Waals surface area contributed by atoms with Crippen LogP contribution >= 0.6 is 22.6 Å². The van der Waals surface area contributed by atoms with E-state index in [1.165, 1.54) is 0 Å². The minimum absolute atomic E-state index is 0.200. The number of rotatable bonds is 2. The van der Waals surface area contributed by atoms with E-state index in [0.29, 0.717) is 0 Å². The number of aliphatic hydroxyl groups is 1. The average molecular weight is 347 g/mol. The molecule has 0 radical (unpaired) electrons. The van der Waals surface area contributed by atoms with Gasteiger partial charge in [0.2, 0.25) is 0 Å². The summed E-state index contributed by atoms with van der Waals surface area (Å²) in [6.45, 7) is 0. The monoisotopic (exact) mass is 347 g/mol. The predicted octanol–water partition coefficient (Wildman–Crippen LogP) is 1.82. The Balaban J connectivity index is 3.34. The van der Waals surface area contributed by atoms with Gasteiger partial charge in [-0.3, -0.25) is 4.98 Å². The Kier molecular flexibility index (Phi) is 3.73. The smallest absolute Gasteiger partial charge is 0.418 e. The second-order valence-corrected chi connectivity index (χ2v) is 4.07. The van der Waals surface area contributed by atoms with Crippen molar-refractivity contribution in [2.75, 3.05) is 0 Å². The minimum Gasteiger partial charge on any atom is -0.479 e. The van der Waals surface area contributed by atoms with E-state index in [1.807, 2.05) is 0 Å². The van der Waals surface area contributed by atoms with Gasteiger partial charge in [0.1, 0.15) is 0 Å². The van der Waals surface area contributed by atoms with Crippen LogP contribution in [-0.2, 0) is 11.0 Å². The fraction of sp³-hybridized carbons (Fsp3) is 0.250. The molecule has 0 saturated heterocycles. The van der Waals surface area contributed by atoms with Gasteiger partial charge in [-0.15, -0.1) is 0 Å². The lowest BCUT2D eigenvalue weighted by atomic mass is 10.1. The van der Waals surface area contributed by atoms with Crippen LogP contribution in [0.3, 0.4) is 0 Å². The van der Waals surface area contributed by atoms with Crippen LogP contribution in [0.15, 0.2) is 12.3 Å². The summed E-state index contributed by atoms with van der Waals surface area (Å²) < 4.78 is 37.7. The maximum Gasteiger partial charge on any atom is 0.418 e. The molecule has 1 unspecified atom stereocenters. The van der Waals surface area contributed by atoms with Gasteiger partial charge < -0.3 is 10.2 Å². The molecule has 2 N–H and O–H groups in total. The Morgan fingerprint density at radius 1 is 1.50 bits per heavy atom. The van der Waals surface area contributed by atoms with Crippen molar-refractivity contribution < 1.29 is 28.2 Å². The third kappa shape index (κ3) is 2.82. The van der Waals surface area contributed by atoms with E-state index >= 15 is 0 Å². The Labute approximate surface area is 101 Å². The van der Waals surface area contributed by atoms with Crippen molar-refractivity contribution in [1.29, 1.82) is 0 Å². The number of alkyl halides is 3. The van der Waals surface area contributed by atoms with Crippen LogP contribution in [0.1, 0.15) is 17.4 Å². The molecule has 0 saturated carbocycles. The van der Waals surface area contributed by atoms with Crippen molar-refractivity contribution >= 4 is 28.6 Å². The maximum absolute atomic E-state index is 12.5. The number of carbonyl (C=O) groups is 1. The molecule has 0 bridgehead atoms. The number of aliphatic hydroxyl groups excluding tert-OH is 1. The van der Waals surface area contributed by atoms with Gasteiger partial charge >= 0.3 is 12.1 Å². The zero-order valence-corrected chi connectivity index (χ0v) is 9.65. The summed E-state index contributed by atoms with van der Waals surface area (Å²) in [7, 11) is 0. The number of aliphatic carboxylic acids is 1. The third-order valence-electron chi connectivity index (χ3n) is 1.68. The summed E-state index contributed by atoms with van der Waals surface area (Å²) in [5, 5.41) is 17.5. The van der Waals surface area contributed by atoms with Crippen molar-refractivity contribution in [2.24, 2.45) is 0 Å². The van der Waals surface area contributed by atoms with Gasteiger partial charge in [0.25, 0.3) is 0 Å². The average Bonchev–Trinajstić information content (AvgIpc) is 2.15. The molecule has 1 rings (SSSR count). The van der Waals surface area contributed by atoms with Gasteiger partial charge in [-0.05, 0) is 28.7 Å². The standard InChI is InChI=1S/C8H5F3INO3/c9-8(10,11)4-1-3(12)2-13-5(4)6(14)7(15)16/h1-2,6,14H,(H,15,16). The van der Waals surface area contributed by atoms with E-state index in [2.05, 4.69) is 4.98 Å². The van der Waals surface area contributed by atoms with Crippen molar-refractivity contribution in [3.63, 3.8) is 0 Å². The lowest BCUT2D eigenvalue weighted by Crippen LogP contribution is -2.19. The molecule has 16 heavy (non-hydrogen) atoms. The number of hydrogen-bond acceptors (Lipinski definition) is 3. The summed E-state index contributed by atoms with van der Waals surface area (Å²) in [5.74, 6) is -1.78. The molecule has 8 heteroatoms. The van der Waals surface area contributed by atoms with Gasteiger partial charge in [0.15, 0.2) is 6.10 Å². The van der Waals surface area contributed by atoms with E-state index in [9.17, 15) is 18.0 Å². The Bertz CT molecular complexity index is 421. The molecule has 0 amide bonds. The molecular formula is C8H5F3INO3. The van der Waals surface area contributed by atoms with Gasteiger partial charge in [-0.1, -0.05) is 0 Å². The number of pyridine rings is 1. The van der Waals surface area contributed by atoms with Gasteiger partial charge in [0, 0.05) is 9.77 Å². The predicted molar refractivity (Wildman–Crippen MR) is 54.6 cm³/mol. The second kappa shape index (κ2) is 4.53. The minimum atomic E-state index is -4.75. The van der Waals surface area contributed by atoms with E-state index in [1.54, 1.807) is 22.6 Å². The van der Waals surface area contributed by atoms with Crippen molar-refractivity contribution in [1.82, 2.24) is 4.98 Å². The molecular weight excluding hydrogens is 342 g/mol. The fourth-order valence-corrected chi connectivity index (χ4v) is 1.46. The van der Waals surface area contributed by atoms with Gasteiger partial charge in [0.05, 0.1) is 11.3 Å². The van der Waals surface area contributed by atoms with Crippen molar-refractivity contribution in [3.8, 4) is 0 Å². The number of carboxylic acids is 1. The van der Waals surface area contributed by atoms with E-state index < -0.39 is 29.5 Å². The maximum atomic E-state index is 12.5. The quantitative estimate of drug-likeness (QED) is 0.801.